The molecule has 0 radical (unpaired) electrons. The number of hydrogen-bond donors (Lipinski definition) is 0. The van der Waals surface area contributed by atoms with Gasteiger partial charge in [0.05, 0.1) is 7.11 Å². The van der Waals surface area contributed by atoms with Gasteiger partial charge in [0.2, 0.25) is 0 Å². The van der Waals surface area contributed by atoms with Crippen molar-refractivity contribution >= 4 is 5.69 Å². The highest BCUT2D eigenvalue weighted by Crippen LogP contribution is 2.34. The molecule has 0 saturated heterocycles. The summed E-state index contributed by atoms with van der Waals surface area (Å²) < 4.78 is 17.4. The van der Waals surface area contributed by atoms with Crippen molar-refractivity contribution < 1.29 is 14.2 Å². The number of fused-ring (bicyclic) bond motifs is 1. The summed E-state index contributed by atoms with van der Waals surface area (Å²) in [5, 5.41) is 0. The van der Waals surface area contributed by atoms with Crippen molar-refractivity contribution in [3.8, 4) is 23.0 Å². The Morgan fingerprint density at radius 1 is 0.963 bits per heavy atom. The molecule has 0 bridgehead atoms. The van der Waals surface area contributed by atoms with E-state index in [-0.39, 0.29) is 0 Å². The summed E-state index contributed by atoms with van der Waals surface area (Å²) in [6.07, 6.45) is 0.893. The molecule has 0 unspecified atom stereocenters. The second kappa shape index (κ2) is 7.62. The van der Waals surface area contributed by atoms with Crippen LogP contribution < -0.4 is 19.1 Å². The molecule has 0 saturated carbocycles. The third kappa shape index (κ3) is 3.70. The van der Waals surface area contributed by atoms with Crippen LogP contribution in [0.25, 0.3) is 0 Å². The molecule has 1 aliphatic heterocycles. The lowest BCUT2D eigenvalue weighted by atomic mass is 10.1. The Balaban J connectivity index is 1.55. The second-order valence-corrected chi connectivity index (χ2v) is 6.51. The molecular weight excluding hydrogens is 338 g/mol. The number of hydrogen-bond acceptors (Lipinski definition) is 4. The van der Waals surface area contributed by atoms with Crippen LogP contribution in [0.15, 0.2) is 66.7 Å². The van der Waals surface area contributed by atoms with Crippen LogP contribution in [0.1, 0.15) is 18.1 Å². The first-order valence-corrected chi connectivity index (χ1v) is 9.17. The molecule has 3 aromatic carbocycles. The quantitative estimate of drug-likeness (QED) is 0.608. The summed E-state index contributed by atoms with van der Waals surface area (Å²) in [4.78, 5) is 2.20. The molecule has 0 N–H and O–H groups in total. The van der Waals surface area contributed by atoms with Crippen molar-refractivity contribution in [2.75, 3.05) is 18.7 Å². The number of para-hydroxylation sites is 1. The van der Waals surface area contributed by atoms with E-state index in [1.807, 2.05) is 48.5 Å². The first-order chi connectivity index (χ1) is 13.3. The average Bonchev–Trinajstić information content (AvgIpc) is 2.73. The SMILES string of the molecule is CCc1cc(Oc2ccc3c(c2)CN(c2ccccc2)CO3)ccc1OC. The molecule has 0 amide bonds. The second-order valence-electron chi connectivity index (χ2n) is 6.51. The van der Waals surface area contributed by atoms with Gasteiger partial charge in [-0.3, -0.25) is 0 Å². The standard InChI is InChI=1S/C23H23NO3/c1-3-17-13-20(9-11-22(17)25-2)27-21-10-12-23-18(14-21)15-24(16-26-23)19-7-5-4-6-8-19/h4-14H,3,15-16H2,1-2H3. The van der Waals surface area contributed by atoms with Crippen LogP contribution in [0, 0.1) is 0 Å². The van der Waals surface area contributed by atoms with E-state index in [9.17, 15) is 0 Å². The van der Waals surface area contributed by atoms with Crippen LogP contribution in [-0.2, 0) is 13.0 Å². The number of anilines is 1. The van der Waals surface area contributed by atoms with Crippen LogP contribution in [0.2, 0.25) is 0 Å². The molecule has 27 heavy (non-hydrogen) atoms. The van der Waals surface area contributed by atoms with Crippen LogP contribution in [-0.4, -0.2) is 13.8 Å². The van der Waals surface area contributed by atoms with E-state index in [0.717, 1.165) is 52.8 Å². The summed E-state index contributed by atoms with van der Waals surface area (Å²) in [5.74, 6) is 3.42. The molecule has 138 valence electrons. The highest BCUT2D eigenvalue weighted by molar-refractivity contribution is 5.51. The van der Waals surface area contributed by atoms with Gasteiger partial charge in [0.15, 0.2) is 6.73 Å². The number of rotatable bonds is 5. The van der Waals surface area contributed by atoms with E-state index in [1.165, 1.54) is 0 Å². The summed E-state index contributed by atoms with van der Waals surface area (Å²) in [7, 11) is 1.69. The fourth-order valence-electron chi connectivity index (χ4n) is 3.32. The zero-order valence-corrected chi connectivity index (χ0v) is 15.6. The van der Waals surface area contributed by atoms with Crippen molar-refractivity contribution in [2.24, 2.45) is 0 Å². The van der Waals surface area contributed by atoms with E-state index >= 15 is 0 Å². The largest absolute Gasteiger partial charge is 0.496 e. The Kier molecular flexibility index (Phi) is 4.88. The third-order valence-electron chi connectivity index (χ3n) is 4.76. The predicted octanol–water partition coefficient (Wildman–Crippen LogP) is 5.41. The number of nitrogens with zero attached hydrogens (tertiary/aromatic N) is 1. The Bertz CT molecular complexity index is 924. The molecular formula is C23H23NO3. The van der Waals surface area contributed by atoms with Gasteiger partial charge in [0.25, 0.3) is 0 Å². The van der Waals surface area contributed by atoms with Crippen LogP contribution >= 0.6 is 0 Å². The number of ether oxygens (including phenoxy) is 3. The molecule has 1 heterocycles. The van der Waals surface area contributed by atoms with Crippen LogP contribution in [0.3, 0.4) is 0 Å². The molecule has 0 aromatic heterocycles. The molecule has 4 heteroatoms. The maximum atomic E-state index is 6.10. The molecule has 3 aromatic rings. The van der Waals surface area contributed by atoms with Gasteiger partial charge < -0.3 is 19.1 Å². The van der Waals surface area contributed by atoms with E-state index < -0.39 is 0 Å². The zero-order valence-electron chi connectivity index (χ0n) is 15.6. The van der Waals surface area contributed by atoms with Crippen LogP contribution in [0.4, 0.5) is 5.69 Å². The van der Waals surface area contributed by atoms with Crippen molar-refractivity contribution in [3.05, 3.63) is 77.9 Å². The maximum Gasteiger partial charge on any atom is 0.161 e. The fourth-order valence-corrected chi connectivity index (χ4v) is 3.32. The van der Waals surface area contributed by atoms with Crippen molar-refractivity contribution in [2.45, 2.75) is 19.9 Å². The summed E-state index contributed by atoms with van der Waals surface area (Å²) in [6, 6.07) is 22.2. The highest BCUT2D eigenvalue weighted by Gasteiger charge is 2.18. The number of methoxy groups -OCH3 is 1. The first kappa shape index (κ1) is 17.3. The Morgan fingerprint density at radius 2 is 1.74 bits per heavy atom. The Labute approximate surface area is 159 Å². The molecule has 4 nitrogen and oxygen atoms in total. The van der Waals surface area contributed by atoms with Gasteiger partial charge in [-0.1, -0.05) is 25.1 Å². The van der Waals surface area contributed by atoms with E-state index in [2.05, 4.69) is 30.0 Å². The van der Waals surface area contributed by atoms with Crippen molar-refractivity contribution in [1.82, 2.24) is 0 Å². The maximum absolute atomic E-state index is 6.10. The minimum atomic E-state index is 0.551. The van der Waals surface area contributed by atoms with Gasteiger partial charge in [0.1, 0.15) is 23.0 Å². The molecule has 0 spiro atoms. The number of aryl methyl sites for hydroxylation is 1. The Hall–Kier alpha value is -3.14. The molecule has 0 fully saturated rings. The molecule has 0 aliphatic carbocycles. The van der Waals surface area contributed by atoms with Gasteiger partial charge >= 0.3 is 0 Å². The summed E-state index contributed by atoms with van der Waals surface area (Å²) >= 11 is 0. The third-order valence-corrected chi connectivity index (χ3v) is 4.76. The minimum Gasteiger partial charge on any atom is -0.496 e. The van der Waals surface area contributed by atoms with Gasteiger partial charge in [-0.25, -0.2) is 0 Å². The van der Waals surface area contributed by atoms with Crippen LogP contribution in [0.5, 0.6) is 23.0 Å². The fraction of sp³-hybridized carbons (Fsp3) is 0.217. The van der Waals surface area contributed by atoms with Crippen molar-refractivity contribution in [1.29, 1.82) is 0 Å². The number of benzene rings is 3. The lowest BCUT2D eigenvalue weighted by molar-refractivity contribution is 0.288. The smallest absolute Gasteiger partial charge is 0.161 e. The van der Waals surface area contributed by atoms with E-state index in [1.54, 1.807) is 7.11 Å². The van der Waals surface area contributed by atoms with E-state index in [0.29, 0.717) is 6.73 Å². The summed E-state index contributed by atoms with van der Waals surface area (Å²) in [6.45, 7) is 3.45. The Morgan fingerprint density at radius 3 is 2.52 bits per heavy atom. The topological polar surface area (TPSA) is 30.9 Å². The summed E-state index contributed by atoms with van der Waals surface area (Å²) in [5.41, 5.74) is 3.40. The molecule has 4 rings (SSSR count). The van der Waals surface area contributed by atoms with Gasteiger partial charge in [-0.05, 0) is 60.5 Å². The highest BCUT2D eigenvalue weighted by atomic mass is 16.5. The first-order valence-electron chi connectivity index (χ1n) is 9.17. The predicted molar refractivity (Wildman–Crippen MR) is 107 cm³/mol. The monoisotopic (exact) mass is 361 g/mol. The average molecular weight is 361 g/mol. The lowest BCUT2D eigenvalue weighted by Gasteiger charge is -2.31. The lowest BCUT2D eigenvalue weighted by Crippen LogP contribution is -2.31. The van der Waals surface area contributed by atoms with Gasteiger partial charge in [0, 0.05) is 17.8 Å². The molecule has 1 aliphatic rings. The van der Waals surface area contributed by atoms with E-state index in [4.69, 9.17) is 14.2 Å². The normalized spacial score (nSPS) is 12.9. The molecule has 0 atom stereocenters. The minimum absolute atomic E-state index is 0.551. The zero-order chi connectivity index (χ0) is 18.6. The van der Waals surface area contributed by atoms with Crippen molar-refractivity contribution in [3.63, 3.8) is 0 Å². The van der Waals surface area contributed by atoms with Gasteiger partial charge in [-0.15, -0.1) is 0 Å². The van der Waals surface area contributed by atoms with Gasteiger partial charge in [-0.2, -0.15) is 0 Å².